The number of hydrogen-bond donors (Lipinski definition) is 9. The Labute approximate surface area is 213 Å². The van der Waals surface area contributed by atoms with Crippen molar-refractivity contribution in [2.24, 2.45) is 27.9 Å². The van der Waals surface area contributed by atoms with Gasteiger partial charge in [0.15, 0.2) is 5.96 Å². The van der Waals surface area contributed by atoms with E-state index in [0.717, 1.165) is 0 Å². The van der Waals surface area contributed by atoms with Gasteiger partial charge < -0.3 is 49.1 Å². The Morgan fingerprint density at radius 2 is 1.49 bits per heavy atom. The standard InChI is InChI=1S/C22H34N8O7/c23-14(10-12-3-5-13(31)6-4-12)19(35)29-16(7-8-17(24)32)21(37)30-15(2-1-9-27-22(25)26)20(36)28-11-18(33)34/h3-6,14-16,31H,1-2,7-11,23H2,(H2,24,32)(H,28,36)(H,29,35)(H,30,37)(H,33,34)(H4,25,26,27). The van der Waals surface area contributed by atoms with Gasteiger partial charge in [0.1, 0.15) is 24.4 Å². The van der Waals surface area contributed by atoms with E-state index < -0.39 is 54.3 Å². The molecular formula is C22H34N8O7. The number of aliphatic carboxylic acids is 1. The summed E-state index contributed by atoms with van der Waals surface area (Å²) in [4.78, 5) is 64.1. The minimum Gasteiger partial charge on any atom is -0.508 e. The molecule has 0 radical (unpaired) electrons. The molecule has 15 nitrogen and oxygen atoms in total. The molecule has 15 heteroatoms. The van der Waals surface area contributed by atoms with Crippen LogP contribution in [0.15, 0.2) is 29.3 Å². The summed E-state index contributed by atoms with van der Waals surface area (Å²) in [6.45, 7) is -0.526. The van der Waals surface area contributed by atoms with Crippen molar-refractivity contribution < 1.29 is 34.2 Å². The molecule has 0 aliphatic heterocycles. The van der Waals surface area contributed by atoms with Gasteiger partial charge in [0.05, 0.1) is 6.04 Å². The van der Waals surface area contributed by atoms with E-state index in [1.165, 1.54) is 12.1 Å². The number of hydrogen-bond acceptors (Lipinski definition) is 8. The van der Waals surface area contributed by atoms with Gasteiger partial charge in [-0.05, 0) is 43.4 Å². The molecule has 0 bridgehead atoms. The molecule has 0 saturated carbocycles. The molecule has 4 amide bonds. The lowest BCUT2D eigenvalue weighted by Gasteiger charge is -2.24. The highest BCUT2D eigenvalue weighted by molar-refractivity contribution is 5.94. The van der Waals surface area contributed by atoms with Gasteiger partial charge in [-0.1, -0.05) is 12.1 Å². The summed E-state index contributed by atoms with van der Waals surface area (Å²) >= 11 is 0. The first-order valence-corrected chi connectivity index (χ1v) is 11.4. The third-order valence-corrected chi connectivity index (χ3v) is 5.03. The maximum absolute atomic E-state index is 13.0. The first-order chi connectivity index (χ1) is 17.4. The number of carboxylic acids is 1. The molecule has 0 aliphatic rings. The predicted octanol–water partition coefficient (Wildman–Crippen LogP) is -3.25. The van der Waals surface area contributed by atoms with E-state index in [1.807, 2.05) is 0 Å². The lowest BCUT2D eigenvalue weighted by Crippen LogP contribution is -2.56. The van der Waals surface area contributed by atoms with Crippen LogP contribution < -0.4 is 38.9 Å². The molecule has 0 heterocycles. The number of benzene rings is 1. The van der Waals surface area contributed by atoms with E-state index in [2.05, 4.69) is 20.9 Å². The van der Waals surface area contributed by atoms with Gasteiger partial charge >= 0.3 is 5.97 Å². The number of carbonyl (C=O) groups is 5. The van der Waals surface area contributed by atoms with Crippen LogP contribution >= 0.6 is 0 Å². The lowest BCUT2D eigenvalue weighted by atomic mass is 10.0. The smallest absolute Gasteiger partial charge is 0.322 e. The van der Waals surface area contributed by atoms with Gasteiger partial charge in [-0.25, -0.2) is 0 Å². The fourth-order valence-electron chi connectivity index (χ4n) is 3.14. The van der Waals surface area contributed by atoms with Crippen LogP contribution in [-0.4, -0.2) is 77.0 Å². The van der Waals surface area contributed by atoms with Crippen LogP contribution in [0.2, 0.25) is 0 Å². The summed E-state index contributed by atoms with van der Waals surface area (Å²) < 4.78 is 0. The second kappa shape index (κ2) is 15.6. The normalized spacial score (nSPS) is 12.9. The lowest BCUT2D eigenvalue weighted by molar-refractivity contribution is -0.138. The van der Waals surface area contributed by atoms with Gasteiger partial charge in [0.2, 0.25) is 23.6 Å². The third-order valence-electron chi connectivity index (χ3n) is 5.03. The van der Waals surface area contributed by atoms with Crippen molar-refractivity contribution in [2.75, 3.05) is 13.1 Å². The molecule has 3 unspecified atom stereocenters. The van der Waals surface area contributed by atoms with E-state index in [9.17, 15) is 29.1 Å². The van der Waals surface area contributed by atoms with Gasteiger partial charge in [-0.15, -0.1) is 0 Å². The molecule has 0 aromatic heterocycles. The van der Waals surface area contributed by atoms with E-state index in [1.54, 1.807) is 12.1 Å². The number of nitrogens with one attached hydrogen (secondary N) is 3. The molecular weight excluding hydrogens is 488 g/mol. The first-order valence-electron chi connectivity index (χ1n) is 11.4. The highest BCUT2D eigenvalue weighted by atomic mass is 16.4. The zero-order valence-electron chi connectivity index (χ0n) is 20.2. The monoisotopic (exact) mass is 522 g/mol. The van der Waals surface area contributed by atoms with E-state index in [4.69, 9.17) is 28.0 Å². The number of phenolic OH excluding ortho intramolecular Hbond substituents is 1. The topological polar surface area (TPSA) is 278 Å². The number of nitrogens with zero attached hydrogens (tertiary/aromatic N) is 1. The average Bonchev–Trinajstić information content (AvgIpc) is 2.82. The van der Waals surface area contributed by atoms with Crippen molar-refractivity contribution in [1.29, 1.82) is 0 Å². The van der Waals surface area contributed by atoms with E-state index >= 15 is 0 Å². The number of aliphatic imine (C=N–C) groups is 1. The molecule has 1 aromatic carbocycles. The second-order valence-electron chi connectivity index (χ2n) is 8.16. The third kappa shape index (κ3) is 12.7. The molecule has 0 aliphatic carbocycles. The Balaban J connectivity index is 2.93. The molecule has 0 saturated heterocycles. The highest BCUT2D eigenvalue weighted by Crippen LogP contribution is 2.11. The van der Waals surface area contributed by atoms with Gasteiger partial charge in [0, 0.05) is 13.0 Å². The number of nitrogens with two attached hydrogens (primary N) is 4. The Morgan fingerprint density at radius 3 is 2.05 bits per heavy atom. The quantitative estimate of drug-likeness (QED) is 0.0593. The van der Waals surface area contributed by atoms with Crippen molar-refractivity contribution in [3.8, 4) is 5.75 Å². The summed E-state index contributed by atoms with van der Waals surface area (Å²) in [6.07, 6.45) is -0.00645. The number of rotatable bonds is 16. The van der Waals surface area contributed by atoms with Crippen molar-refractivity contribution >= 4 is 35.6 Å². The summed E-state index contributed by atoms with van der Waals surface area (Å²) in [5, 5.41) is 25.3. The first kappa shape index (κ1) is 30.6. The molecule has 3 atom stereocenters. The largest absolute Gasteiger partial charge is 0.508 e. The number of phenols is 1. The summed E-state index contributed by atoms with van der Waals surface area (Å²) in [5.74, 6) is -4.38. The molecule has 204 valence electrons. The number of carbonyl (C=O) groups excluding carboxylic acids is 4. The van der Waals surface area contributed by atoms with Crippen LogP contribution in [0.3, 0.4) is 0 Å². The van der Waals surface area contributed by atoms with Gasteiger partial charge in [-0.3, -0.25) is 29.0 Å². The average molecular weight is 523 g/mol. The molecule has 0 fully saturated rings. The maximum Gasteiger partial charge on any atom is 0.322 e. The van der Waals surface area contributed by atoms with Crippen molar-refractivity contribution in [3.63, 3.8) is 0 Å². The fourth-order valence-corrected chi connectivity index (χ4v) is 3.14. The minimum absolute atomic E-state index is 0.0465. The van der Waals surface area contributed by atoms with E-state index in [0.29, 0.717) is 5.56 Å². The summed E-state index contributed by atoms with van der Waals surface area (Å²) in [7, 11) is 0. The van der Waals surface area contributed by atoms with Crippen LogP contribution in [0.1, 0.15) is 31.2 Å². The molecule has 1 rings (SSSR count). The summed E-state index contributed by atoms with van der Waals surface area (Å²) in [6, 6.07) is 2.53. The Morgan fingerprint density at radius 1 is 0.892 bits per heavy atom. The second-order valence-corrected chi connectivity index (χ2v) is 8.16. The van der Waals surface area contributed by atoms with E-state index in [-0.39, 0.29) is 50.4 Å². The minimum atomic E-state index is -1.28. The Hall–Kier alpha value is -4.40. The predicted molar refractivity (Wildman–Crippen MR) is 133 cm³/mol. The highest BCUT2D eigenvalue weighted by Gasteiger charge is 2.28. The molecule has 0 spiro atoms. The van der Waals surface area contributed by atoms with Crippen LogP contribution in [0, 0.1) is 0 Å². The van der Waals surface area contributed by atoms with Crippen molar-refractivity contribution in [3.05, 3.63) is 29.8 Å². The maximum atomic E-state index is 13.0. The fraction of sp³-hybridized carbons (Fsp3) is 0.455. The number of guanidine groups is 1. The number of carboxylic acid groups (broad SMARTS) is 1. The van der Waals surface area contributed by atoms with Crippen LogP contribution in [-0.2, 0) is 30.4 Å². The molecule has 13 N–H and O–H groups in total. The Kier molecular flexibility index (Phi) is 12.9. The van der Waals surface area contributed by atoms with Crippen molar-refractivity contribution in [1.82, 2.24) is 16.0 Å². The SMILES string of the molecule is NC(=O)CCC(NC(=O)C(N)Cc1ccc(O)cc1)C(=O)NC(CCCN=C(N)N)C(=O)NCC(=O)O. The zero-order chi connectivity index (χ0) is 28.0. The number of amides is 4. The summed E-state index contributed by atoms with van der Waals surface area (Å²) in [5.41, 5.74) is 22.4. The number of primary amides is 1. The molecule has 37 heavy (non-hydrogen) atoms. The zero-order valence-corrected chi connectivity index (χ0v) is 20.2. The Bertz CT molecular complexity index is 980. The van der Waals surface area contributed by atoms with Crippen LogP contribution in [0.5, 0.6) is 5.75 Å². The molecule has 1 aromatic rings. The van der Waals surface area contributed by atoms with Crippen LogP contribution in [0.25, 0.3) is 0 Å². The van der Waals surface area contributed by atoms with Crippen molar-refractivity contribution in [2.45, 2.75) is 50.2 Å². The number of aromatic hydroxyl groups is 1. The van der Waals surface area contributed by atoms with Gasteiger partial charge in [0.25, 0.3) is 0 Å². The van der Waals surface area contributed by atoms with Gasteiger partial charge in [-0.2, -0.15) is 0 Å². The van der Waals surface area contributed by atoms with Crippen LogP contribution in [0.4, 0.5) is 0 Å².